The molecule has 0 spiro atoms. The quantitative estimate of drug-likeness (QED) is 0.138. The second-order valence-corrected chi connectivity index (χ2v) is 9.91. The lowest BCUT2D eigenvalue weighted by Gasteiger charge is -2.24. The van der Waals surface area contributed by atoms with Crippen LogP contribution in [0.4, 0.5) is 21.5 Å². The van der Waals surface area contributed by atoms with Crippen LogP contribution >= 0.6 is 0 Å². The lowest BCUT2D eigenvalue weighted by Crippen LogP contribution is -2.43. The number of Topliss-reactive ketones (excluding diaryl/α,β-unsaturated/α-hetero) is 1. The summed E-state index contributed by atoms with van der Waals surface area (Å²) >= 11 is 0. The van der Waals surface area contributed by atoms with Gasteiger partial charge in [0.2, 0.25) is 11.7 Å². The molecule has 6 rings (SSSR count). The smallest absolute Gasteiger partial charge is 0.325 e. The minimum atomic E-state index is -1.77. The summed E-state index contributed by atoms with van der Waals surface area (Å²) in [5.74, 6) is -1.71. The Balaban J connectivity index is 1.54. The van der Waals surface area contributed by atoms with E-state index in [9.17, 15) is 18.8 Å². The van der Waals surface area contributed by atoms with Crippen molar-refractivity contribution in [1.82, 2.24) is 9.55 Å². The van der Waals surface area contributed by atoms with Crippen molar-refractivity contribution in [3.8, 4) is 5.75 Å². The van der Waals surface area contributed by atoms with Crippen molar-refractivity contribution in [3.05, 3.63) is 90.0 Å². The van der Waals surface area contributed by atoms with E-state index in [4.69, 9.17) is 15.2 Å². The molecule has 0 radical (unpaired) electrons. The van der Waals surface area contributed by atoms with Gasteiger partial charge in [0, 0.05) is 27.5 Å². The molecule has 2 aromatic heterocycles. The molecule has 0 saturated carbocycles. The molecule has 9 nitrogen and oxygen atoms in total. The second-order valence-electron chi connectivity index (χ2n) is 9.91. The molecule has 41 heavy (non-hydrogen) atoms. The monoisotopic (exact) mass is 552 g/mol. The molecule has 206 valence electrons. The molecule has 1 atom stereocenters. The maximum atomic E-state index is 14.4. The fourth-order valence-corrected chi connectivity index (χ4v) is 5.67. The van der Waals surface area contributed by atoms with Crippen LogP contribution in [0, 0.1) is 5.82 Å². The normalized spacial score (nSPS) is 16.3. The second kappa shape index (κ2) is 9.44. The Labute approximate surface area is 233 Å². The number of para-hydroxylation sites is 1. The first kappa shape index (κ1) is 26.0. The fourth-order valence-electron chi connectivity index (χ4n) is 5.67. The van der Waals surface area contributed by atoms with Crippen LogP contribution in [0.25, 0.3) is 21.8 Å². The first-order chi connectivity index (χ1) is 19.7. The van der Waals surface area contributed by atoms with Crippen molar-refractivity contribution in [3.63, 3.8) is 0 Å². The third-order valence-electron chi connectivity index (χ3n) is 7.72. The zero-order valence-electron chi connectivity index (χ0n) is 22.5. The van der Waals surface area contributed by atoms with E-state index in [0.29, 0.717) is 28.0 Å². The van der Waals surface area contributed by atoms with E-state index >= 15 is 0 Å². The highest BCUT2D eigenvalue weighted by molar-refractivity contribution is 6.29. The van der Waals surface area contributed by atoms with E-state index in [2.05, 4.69) is 4.98 Å². The Morgan fingerprint density at radius 1 is 1.00 bits per heavy atom. The summed E-state index contributed by atoms with van der Waals surface area (Å²) < 4.78 is 25.8. The van der Waals surface area contributed by atoms with E-state index in [1.54, 1.807) is 22.8 Å². The number of aromatic nitrogens is 2. The number of nitrogens with zero attached hydrogens (tertiary/aromatic N) is 3. The van der Waals surface area contributed by atoms with Crippen molar-refractivity contribution < 1.29 is 28.2 Å². The number of rotatable bonds is 6. The lowest BCUT2D eigenvalue weighted by molar-refractivity contribution is -0.141. The van der Waals surface area contributed by atoms with Gasteiger partial charge in [-0.1, -0.05) is 18.2 Å². The van der Waals surface area contributed by atoms with Gasteiger partial charge in [0.15, 0.2) is 0 Å². The molecule has 0 fully saturated rings. The zero-order chi connectivity index (χ0) is 29.1. The number of nitrogens with two attached hydrogens (primary N) is 1. The van der Waals surface area contributed by atoms with Crippen LogP contribution in [0.5, 0.6) is 5.75 Å². The van der Waals surface area contributed by atoms with Crippen molar-refractivity contribution in [2.45, 2.75) is 18.9 Å². The SMILES string of the molecule is COC(=O)Cn1c2ccccc2c2cc(C(=O)[C@@]3(C)C(=O)N(c4ccc(F)cc4)c4ccc(OC)c(N)c43)ncc21. The number of anilines is 3. The Bertz CT molecular complexity index is 1900. The predicted octanol–water partition coefficient (Wildman–Crippen LogP) is 4.91. The molecule has 1 aliphatic heterocycles. The van der Waals surface area contributed by atoms with Crippen molar-refractivity contribution in [1.29, 1.82) is 0 Å². The van der Waals surface area contributed by atoms with Gasteiger partial charge in [-0.15, -0.1) is 0 Å². The molecule has 2 N–H and O–H groups in total. The maximum Gasteiger partial charge on any atom is 0.325 e. The van der Waals surface area contributed by atoms with E-state index < -0.39 is 28.9 Å². The largest absolute Gasteiger partial charge is 0.495 e. The number of hydrogen-bond donors (Lipinski definition) is 1. The maximum absolute atomic E-state index is 14.4. The van der Waals surface area contributed by atoms with Crippen molar-refractivity contribution >= 4 is 56.5 Å². The number of hydrogen-bond acceptors (Lipinski definition) is 7. The number of methoxy groups -OCH3 is 2. The number of halogens is 1. The predicted molar refractivity (Wildman–Crippen MR) is 152 cm³/mol. The number of amides is 1. The average molecular weight is 553 g/mol. The summed E-state index contributed by atoms with van der Waals surface area (Å²) in [6.07, 6.45) is 1.52. The highest BCUT2D eigenvalue weighted by atomic mass is 19.1. The fraction of sp³-hybridized carbons (Fsp3) is 0.161. The van der Waals surface area contributed by atoms with Gasteiger partial charge < -0.3 is 19.8 Å². The van der Waals surface area contributed by atoms with Crippen LogP contribution in [0.2, 0.25) is 0 Å². The first-order valence-electron chi connectivity index (χ1n) is 12.8. The van der Waals surface area contributed by atoms with Crippen molar-refractivity contribution in [2.24, 2.45) is 0 Å². The number of benzene rings is 3. The number of nitrogen functional groups attached to an aromatic ring is 1. The third-order valence-corrected chi connectivity index (χ3v) is 7.72. The van der Waals surface area contributed by atoms with Crippen LogP contribution in [0.15, 0.2) is 72.9 Å². The van der Waals surface area contributed by atoms with Crippen LogP contribution in [0.3, 0.4) is 0 Å². The highest BCUT2D eigenvalue weighted by Gasteiger charge is 2.55. The Morgan fingerprint density at radius 2 is 1.73 bits per heavy atom. The molecule has 0 aliphatic carbocycles. The lowest BCUT2D eigenvalue weighted by atomic mass is 9.77. The van der Waals surface area contributed by atoms with Gasteiger partial charge >= 0.3 is 5.97 Å². The van der Waals surface area contributed by atoms with E-state index in [-0.39, 0.29) is 23.5 Å². The molecule has 0 bridgehead atoms. The third kappa shape index (κ3) is 3.75. The van der Waals surface area contributed by atoms with Gasteiger partial charge in [-0.2, -0.15) is 0 Å². The summed E-state index contributed by atoms with van der Waals surface area (Å²) in [5.41, 5.74) is 7.39. The summed E-state index contributed by atoms with van der Waals surface area (Å²) in [4.78, 5) is 46.6. The van der Waals surface area contributed by atoms with Crippen LogP contribution in [0.1, 0.15) is 23.0 Å². The topological polar surface area (TPSA) is 117 Å². The molecule has 3 heterocycles. The molecule has 5 aromatic rings. The number of fused-ring (bicyclic) bond motifs is 4. The molecule has 0 unspecified atom stereocenters. The van der Waals surface area contributed by atoms with Crippen LogP contribution in [-0.2, 0) is 26.3 Å². The minimum Gasteiger partial charge on any atom is -0.495 e. The summed E-state index contributed by atoms with van der Waals surface area (Å²) in [7, 11) is 2.77. The Kier molecular flexibility index (Phi) is 5.99. The molecular formula is C31H25FN4O5. The van der Waals surface area contributed by atoms with Crippen LogP contribution in [-0.4, -0.2) is 41.4 Å². The standard InChI is InChI=1S/C31H25FN4O5/c1-31(27-23(12-13-25(40-2)28(27)33)36(30(31)39)18-10-8-17(32)9-11-18)29(38)21-14-20-19-6-4-5-7-22(19)35(16-26(37)41-3)24(20)15-34-21/h4-15H,16,33H2,1-3H3/t31-/m0/s1. The highest BCUT2D eigenvalue weighted by Crippen LogP contribution is 2.52. The average Bonchev–Trinajstić information content (AvgIpc) is 3.42. The van der Waals surface area contributed by atoms with Gasteiger partial charge in [0.05, 0.1) is 37.3 Å². The summed E-state index contributed by atoms with van der Waals surface area (Å²) in [6, 6.07) is 17.8. The molecule has 1 amide bonds. The number of ether oxygens (including phenoxy) is 2. The van der Waals surface area contributed by atoms with Gasteiger partial charge in [0.25, 0.3) is 0 Å². The number of esters is 1. The Morgan fingerprint density at radius 3 is 2.44 bits per heavy atom. The van der Waals surface area contributed by atoms with Gasteiger partial charge in [-0.05, 0) is 55.5 Å². The molecule has 0 saturated heterocycles. The van der Waals surface area contributed by atoms with E-state index in [0.717, 1.165) is 10.9 Å². The van der Waals surface area contributed by atoms with Crippen molar-refractivity contribution in [2.75, 3.05) is 24.9 Å². The first-order valence-corrected chi connectivity index (χ1v) is 12.8. The zero-order valence-corrected chi connectivity index (χ0v) is 22.5. The van der Waals surface area contributed by atoms with Crippen LogP contribution < -0.4 is 15.4 Å². The number of carbonyl (C=O) groups is 3. The summed E-state index contributed by atoms with van der Waals surface area (Å²) in [6.45, 7) is 1.48. The molecule has 3 aromatic carbocycles. The van der Waals surface area contributed by atoms with Gasteiger partial charge in [-0.25, -0.2) is 4.39 Å². The van der Waals surface area contributed by atoms with E-state index in [1.807, 2.05) is 24.3 Å². The summed E-state index contributed by atoms with van der Waals surface area (Å²) in [5, 5.41) is 1.49. The molecule has 10 heteroatoms. The molecule has 1 aliphatic rings. The van der Waals surface area contributed by atoms with E-state index in [1.165, 1.54) is 56.5 Å². The number of carbonyl (C=O) groups excluding carboxylic acids is 3. The number of pyridine rings is 1. The van der Waals surface area contributed by atoms with Gasteiger partial charge in [0.1, 0.15) is 29.2 Å². The van der Waals surface area contributed by atoms with Gasteiger partial charge in [-0.3, -0.25) is 24.3 Å². The molecular weight excluding hydrogens is 527 g/mol. The Hall–Kier alpha value is -5.25. The number of ketones is 1. The minimum absolute atomic E-state index is 0.0397.